The highest BCUT2D eigenvalue weighted by Gasteiger charge is 2.49. The van der Waals surface area contributed by atoms with Crippen LogP contribution in [0.3, 0.4) is 0 Å². The third-order valence-electron chi connectivity index (χ3n) is 3.06. The fraction of sp³-hybridized carbons (Fsp3) is 0.467. The van der Waals surface area contributed by atoms with Crippen LogP contribution >= 0.6 is 7.60 Å². The Labute approximate surface area is 144 Å². The first-order valence-corrected chi connectivity index (χ1v) is 9.26. The average molecular weight is 373 g/mol. The van der Waals surface area contributed by atoms with Crippen LogP contribution in [-0.4, -0.2) is 42.2 Å². The highest BCUT2D eigenvalue weighted by molar-refractivity contribution is 7.57. The molecule has 1 unspecified atom stereocenters. The molecule has 0 radical (unpaired) electrons. The molecule has 1 rings (SSSR count). The van der Waals surface area contributed by atoms with Crippen molar-refractivity contribution in [2.75, 3.05) is 19.8 Å². The lowest BCUT2D eigenvalue weighted by molar-refractivity contribution is -0.385. The van der Waals surface area contributed by atoms with E-state index in [1.54, 1.807) is 0 Å². The molecule has 138 valence electrons. The van der Waals surface area contributed by atoms with Gasteiger partial charge in [0, 0.05) is 6.07 Å². The predicted molar refractivity (Wildman–Crippen MR) is 88.7 cm³/mol. The number of ketones is 1. The van der Waals surface area contributed by atoms with E-state index in [2.05, 4.69) is 0 Å². The number of benzene rings is 1. The van der Waals surface area contributed by atoms with Gasteiger partial charge in [0.15, 0.2) is 5.78 Å². The molecule has 0 spiro atoms. The standard InChI is InChI=1S/C15H20NO8P/c1-4-22-15(18)14(25(21,23-5-2)24-6-3)13(17)11-9-7-8-10-12(11)16(19)20/h7-10,14H,4-6H2,1-3H3. The minimum absolute atomic E-state index is 0.0717. The number of nitrogens with zero attached hydrogens (tertiary/aromatic N) is 1. The van der Waals surface area contributed by atoms with E-state index in [0.717, 1.165) is 6.07 Å². The van der Waals surface area contributed by atoms with E-state index in [0.29, 0.717) is 0 Å². The number of Topliss-reactive ketones (excluding diaryl/α,β-unsaturated/α-hetero) is 1. The molecule has 0 heterocycles. The number of carbonyl (C=O) groups excluding carboxylic acids is 2. The maximum Gasteiger partial charge on any atom is 0.352 e. The summed E-state index contributed by atoms with van der Waals surface area (Å²) in [4.78, 5) is 35.5. The predicted octanol–water partition coefficient (Wildman–Crippen LogP) is 2.98. The van der Waals surface area contributed by atoms with E-state index >= 15 is 0 Å². The number of nitro groups is 1. The molecule has 0 aliphatic rings. The van der Waals surface area contributed by atoms with Gasteiger partial charge in [-0.15, -0.1) is 0 Å². The number of nitro benzene ring substituents is 1. The van der Waals surface area contributed by atoms with Crippen molar-refractivity contribution in [2.24, 2.45) is 0 Å². The number of carbonyl (C=O) groups is 2. The summed E-state index contributed by atoms with van der Waals surface area (Å²) >= 11 is 0. The molecule has 1 atom stereocenters. The number of esters is 1. The fourth-order valence-electron chi connectivity index (χ4n) is 2.14. The largest absolute Gasteiger partial charge is 0.465 e. The van der Waals surface area contributed by atoms with Crippen LogP contribution in [-0.2, 0) is 23.1 Å². The normalized spacial score (nSPS) is 12.4. The third kappa shape index (κ3) is 4.94. The fourth-order valence-corrected chi connectivity index (χ4v) is 3.99. The maximum absolute atomic E-state index is 13.0. The Kier molecular flexibility index (Phi) is 7.89. The van der Waals surface area contributed by atoms with Gasteiger partial charge in [0.2, 0.25) is 5.66 Å². The van der Waals surface area contributed by atoms with Crippen molar-refractivity contribution in [3.63, 3.8) is 0 Å². The molecular formula is C15H20NO8P. The Bertz CT molecular complexity index is 680. The summed E-state index contributed by atoms with van der Waals surface area (Å²) in [5.41, 5.74) is -2.82. The Morgan fingerprint density at radius 2 is 1.68 bits per heavy atom. The van der Waals surface area contributed by atoms with Crippen molar-refractivity contribution < 1.29 is 32.9 Å². The van der Waals surface area contributed by atoms with Gasteiger partial charge in [-0.2, -0.15) is 0 Å². The van der Waals surface area contributed by atoms with Gasteiger partial charge in [-0.05, 0) is 26.8 Å². The van der Waals surface area contributed by atoms with E-state index in [-0.39, 0.29) is 25.4 Å². The second-order valence-corrected chi connectivity index (χ2v) is 6.78. The molecular weight excluding hydrogens is 353 g/mol. The summed E-state index contributed by atoms with van der Waals surface area (Å²) in [5, 5.41) is 11.2. The van der Waals surface area contributed by atoms with Gasteiger partial charge < -0.3 is 13.8 Å². The van der Waals surface area contributed by atoms with Gasteiger partial charge in [0.1, 0.15) is 0 Å². The molecule has 1 aromatic carbocycles. The first-order chi connectivity index (χ1) is 11.8. The highest BCUT2D eigenvalue weighted by atomic mass is 31.2. The van der Waals surface area contributed by atoms with Crippen molar-refractivity contribution in [1.82, 2.24) is 0 Å². The summed E-state index contributed by atoms with van der Waals surface area (Å²) in [6.07, 6.45) is 0. The first-order valence-electron chi connectivity index (χ1n) is 7.65. The highest BCUT2D eigenvalue weighted by Crippen LogP contribution is 2.54. The maximum atomic E-state index is 13.0. The molecule has 9 nitrogen and oxygen atoms in total. The molecule has 0 aliphatic heterocycles. The summed E-state index contributed by atoms with van der Waals surface area (Å²) in [6.45, 7) is 4.30. The van der Waals surface area contributed by atoms with Crippen molar-refractivity contribution >= 4 is 25.0 Å². The topological polar surface area (TPSA) is 122 Å². The minimum atomic E-state index is -4.23. The number of hydrogen-bond donors (Lipinski definition) is 0. The molecule has 25 heavy (non-hydrogen) atoms. The number of ether oxygens (including phenoxy) is 1. The average Bonchev–Trinajstić information content (AvgIpc) is 2.55. The first kappa shape index (κ1) is 21.0. The lowest BCUT2D eigenvalue weighted by Gasteiger charge is -2.23. The van der Waals surface area contributed by atoms with Gasteiger partial charge in [0.05, 0.1) is 30.3 Å². The van der Waals surface area contributed by atoms with Crippen LogP contribution in [0.15, 0.2) is 24.3 Å². The van der Waals surface area contributed by atoms with Crippen LogP contribution in [0.25, 0.3) is 0 Å². The summed E-state index contributed by atoms with van der Waals surface area (Å²) in [7, 11) is -4.23. The molecule has 0 amide bonds. The Morgan fingerprint density at radius 1 is 1.12 bits per heavy atom. The quantitative estimate of drug-likeness (QED) is 0.153. The summed E-state index contributed by atoms with van der Waals surface area (Å²) < 4.78 is 28.0. The third-order valence-corrected chi connectivity index (χ3v) is 5.37. The lowest BCUT2D eigenvalue weighted by Crippen LogP contribution is -2.34. The van der Waals surface area contributed by atoms with Crippen LogP contribution in [0.5, 0.6) is 0 Å². The number of para-hydroxylation sites is 1. The Morgan fingerprint density at radius 3 is 2.16 bits per heavy atom. The number of rotatable bonds is 10. The summed E-state index contributed by atoms with van der Waals surface area (Å²) in [6, 6.07) is 5.06. The molecule has 0 saturated heterocycles. The molecule has 0 saturated carbocycles. The van der Waals surface area contributed by atoms with E-state index in [9.17, 15) is 24.3 Å². The Hall–Kier alpha value is -2.09. The summed E-state index contributed by atoms with van der Waals surface area (Å²) in [5.74, 6) is -2.16. The zero-order chi connectivity index (χ0) is 19.0. The lowest BCUT2D eigenvalue weighted by atomic mass is 10.1. The zero-order valence-electron chi connectivity index (χ0n) is 14.2. The van der Waals surface area contributed by atoms with Crippen LogP contribution in [0, 0.1) is 10.1 Å². The van der Waals surface area contributed by atoms with E-state index in [4.69, 9.17) is 13.8 Å². The monoisotopic (exact) mass is 373 g/mol. The smallest absolute Gasteiger partial charge is 0.352 e. The minimum Gasteiger partial charge on any atom is -0.465 e. The molecule has 0 N–H and O–H groups in total. The Balaban J connectivity index is 3.47. The van der Waals surface area contributed by atoms with Crippen molar-refractivity contribution in [3.05, 3.63) is 39.9 Å². The zero-order valence-corrected chi connectivity index (χ0v) is 15.1. The van der Waals surface area contributed by atoms with Crippen LogP contribution in [0.2, 0.25) is 0 Å². The molecule has 0 bridgehead atoms. The van der Waals surface area contributed by atoms with Crippen molar-refractivity contribution in [2.45, 2.75) is 26.4 Å². The van der Waals surface area contributed by atoms with Gasteiger partial charge in [-0.1, -0.05) is 12.1 Å². The van der Waals surface area contributed by atoms with Gasteiger partial charge in [-0.25, -0.2) is 0 Å². The van der Waals surface area contributed by atoms with Gasteiger partial charge >= 0.3 is 13.6 Å². The van der Waals surface area contributed by atoms with Crippen LogP contribution in [0.1, 0.15) is 31.1 Å². The molecule has 0 aliphatic carbocycles. The second-order valence-electron chi connectivity index (χ2n) is 4.67. The van der Waals surface area contributed by atoms with Gasteiger partial charge in [-0.3, -0.25) is 24.3 Å². The number of hydrogen-bond acceptors (Lipinski definition) is 8. The second kappa shape index (κ2) is 9.41. The SMILES string of the molecule is CCOC(=O)C(C(=O)c1ccccc1[N+](=O)[O-])P(=O)(OCC)OCC. The van der Waals surface area contributed by atoms with Gasteiger partial charge in [0.25, 0.3) is 5.69 Å². The van der Waals surface area contributed by atoms with Crippen LogP contribution < -0.4 is 0 Å². The van der Waals surface area contributed by atoms with Crippen molar-refractivity contribution in [3.8, 4) is 0 Å². The van der Waals surface area contributed by atoms with E-state index < -0.39 is 35.6 Å². The van der Waals surface area contributed by atoms with E-state index in [1.807, 2.05) is 0 Å². The van der Waals surface area contributed by atoms with Crippen LogP contribution in [0.4, 0.5) is 5.69 Å². The van der Waals surface area contributed by atoms with E-state index in [1.165, 1.54) is 39.0 Å². The molecule has 10 heteroatoms. The molecule has 0 aromatic heterocycles. The molecule has 0 fully saturated rings. The molecule has 1 aromatic rings. The van der Waals surface area contributed by atoms with Crippen molar-refractivity contribution in [1.29, 1.82) is 0 Å².